The minimum atomic E-state index is -0.883. The third kappa shape index (κ3) is 7.86. The number of hydrogen-bond acceptors (Lipinski definition) is 4. The predicted molar refractivity (Wildman–Crippen MR) is 121 cm³/mol. The first-order valence-electron chi connectivity index (χ1n) is 11.2. The molecule has 2 atom stereocenters. The van der Waals surface area contributed by atoms with Gasteiger partial charge in [0.05, 0.1) is 17.9 Å². The van der Waals surface area contributed by atoms with Crippen LogP contribution in [-0.4, -0.2) is 34.7 Å². The Hall–Kier alpha value is -2.62. The van der Waals surface area contributed by atoms with Gasteiger partial charge in [-0.25, -0.2) is 0 Å². The number of aliphatic carboxylic acids is 1. The van der Waals surface area contributed by atoms with Crippen LogP contribution in [-0.2, 0) is 9.59 Å². The van der Waals surface area contributed by atoms with Crippen molar-refractivity contribution in [1.82, 2.24) is 0 Å². The number of ether oxygens (including phenoxy) is 1. The lowest BCUT2D eigenvalue weighted by Crippen LogP contribution is -2.30. The molecule has 31 heavy (non-hydrogen) atoms. The molecule has 0 saturated heterocycles. The molecule has 168 valence electrons. The maximum atomic E-state index is 12.9. The van der Waals surface area contributed by atoms with E-state index < -0.39 is 17.5 Å². The van der Waals surface area contributed by atoms with Crippen LogP contribution in [0.5, 0.6) is 5.75 Å². The molecule has 1 aliphatic rings. The predicted octanol–water partition coefficient (Wildman–Crippen LogP) is 5.25. The van der Waals surface area contributed by atoms with Crippen LogP contribution in [0.4, 0.5) is 0 Å². The van der Waals surface area contributed by atoms with E-state index in [1.807, 2.05) is 42.5 Å². The zero-order chi connectivity index (χ0) is 22.5. The topological polar surface area (TPSA) is 83.8 Å². The van der Waals surface area contributed by atoms with Gasteiger partial charge < -0.3 is 14.9 Å². The van der Waals surface area contributed by atoms with E-state index in [2.05, 4.69) is 12.7 Å². The number of carboxylic acid groups (broad SMARTS) is 1. The number of aliphatic hydroxyl groups excluding tert-OH is 1. The number of carbonyl (C=O) groups excluding carboxylic acids is 1. The van der Waals surface area contributed by atoms with Crippen LogP contribution in [0.1, 0.15) is 64.7 Å². The van der Waals surface area contributed by atoms with Crippen molar-refractivity contribution >= 4 is 11.8 Å². The number of para-hydroxylation sites is 1. The third-order valence-electron chi connectivity index (χ3n) is 5.80. The number of hydrogen-bond donors (Lipinski definition) is 2. The molecule has 5 heteroatoms. The van der Waals surface area contributed by atoms with Crippen molar-refractivity contribution in [2.24, 2.45) is 5.41 Å². The Balaban J connectivity index is 1.95. The normalized spacial score (nSPS) is 18.8. The summed E-state index contributed by atoms with van der Waals surface area (Å²) in [5.41, 5.74) is 3.57. The lowest BCUT2D eigenvalue weighted by atomic mass is 9.71. The molecule has 0 fully saturated rings. The van der Waals surface area contributed by atoms with E-state index >= 15 is 0 Å². The summed E-state index contributed by atoms with van der Waals surface area (Å²) in [5, 5.41) is 19.1. The van der Waals surface area contributed by atoms with Crippen molar-refractivity contribution in [3.63, 3.8) is 0 Å². The number of unbranched alkanes of at least 4 members (excludes halogenated alkanes) is 1. The highest BCUT2D eigenvalue weighted by Gasteiger charge is 2.42. The number of allylic oxidation sites excluding steroid dienone is 2. The fraction of sp³-hybridized carbons (Fsp3) is 0.500. The van der Waals surface area contributed by atoms with E-state index in [-0.39, 0.29) is 18.8 Å². The molecule has 1 unspecified atom stereocenters. The Labute approximate surface area is 185 Å². The molecule has 5 nitrogen and oxygen atoms in total. The monoisotopic (exact) mass is 426 g/mol. The molecule has 0 bridgehead atoms. The van der Waals surface area contributed by atoms with Gasteiger partial charge in [-0.15, -0.1) is 5.73 Å². The zero-order valence-electron chi connectivity index (χ0n) is 18.4. The molecule has 2 rings (SSSR count). The first-order chi connectivity index (χ1) is 15.0. The molecule has 0 amide bonds. The second-order valence-corrected chi connectivity index (χ2v) is 8.07. The van der Waals surface area contributed by atoms with E-state index in [0.29, 0.717) is 32.1 Å². The summed E-state index contributed by atoms with van der Waals surface area (Å²) in [6.45, 7) is 2.35. The van der Waals surface area contributed by atoms with Crippen molar-refractivity contribution < 1.29 is 24.5 Å². The summed E-state index contributed by atoms with van der Waals surface area (Å²) in [5.74, 6) is 0.108. The molecule has 1 aromatic carbocycles. The highest BCUT2D eigenvalue weighted by Crippen LogP contribution is 2.46. The molecular weight excluding hydrogens is 392 g/mol. The van der Waals surface area contributed by atoms with Gasteiger partial charge in [-0.2, -0.15) is 0 Å². The number of Topliss-reactive ketones (excluding diaryl/α,β-unsaturated/α-hetero) is 1. The summed E-state index contributed by atoms with van der Waals surface area (Å²) in [6.07, 6.45) is 10.6. The van der Waals surface area contributed by atoms with Crippen molar-refractivity contribution in [2.75, 3.05) is 6.61 Å². The Morgan fingerprint density at radius 1 is 1.26 bits per heavy atom. The number of aliphatic hydroxyl groups is 1. The van der Waals surface area contributed by atoms with Gasteiger partial charge in [0.25, 0.3) is 0 Å². The molecule has 2 N–H and O–H groups in total. The average molecular weight is 427 g/mol. The number of carbonyl (C=O) groups is 2. The van der Waals surface area contributed by atoms with Crippen LogP contribution < -0.4 is 4.74 Å². The first kappa shape index (κ1) is 24.6. The summed E-state index contributed by atoms with van der Waals surface area (Å²) in [4.78, 5) is 23.5. The van der Waals surface area contributed by atoms with E-state index in [4.69, 9.17) is 9.84 Å². The maximum Gasteiger partial charge on any atom is 0.307 e. The Kier molecular flexibility index (Phi) is 10.3. The van der Waals surface area contributed by atoms with E-state index in [0.717, 1.165) is 30.6 Å². The summed E-state index contributed by atoms with van der Waals surface area (Å²) >= 11 is 0. The molecule has 1 aromatic rings. The molecule has 0 aliphatic heterocycles. The Morgan fingerprint density at radius 2 is 2.03 bits per heavy atom. The van der Waals surface area contributed by atoms with Gasteiger partial charge >= 0.3 is 5.97 Å². The number of ketones is 1. The number of carboxylic acids is 1. The Bertz CT molecular complexity index is 804. The largest absolute Gasteiger partial charge is 0.491 e. The van der Waals surface area contributed by atoms with Crippen LogP contribution in [0.15, 0.2) is 59.9 Å². The van der Waals surface area contributed by atoms with E-state index in [1.54, 1.807) is 0 Å². The first-order valence-corrected chi connectivity index (χ1v) is 11.2. The SMILES string of the molecule is CCCC[C@]1(CCC=C=CCC(=O)O)C(=O)CC=C1CCC(O)COc1ccccc1. The zero-order valence-corrected chi connectivity index (χ0v) is 18.4. The van der Waals surface area contributed by atoms with Crippen molar-refractivity contribution in [2.45, 2.75) is 70.8 Å². The fourth-order valence-electron chi connectivity index (χ4n) is 4.08. The van der Waals surface area contributed by atoms with Gasteiger partial charge in [0, 0.05) is 6.42 Å². The van der Waals surface area contributed by atoms with Crippen LogP contribution in [0, 0.1) is 5.41 Å². The van der Waals surface area contributed by atoms with Crippen molar-refractivity contribution in [1.29, 1.82) is 0 Å². The number of rotatable bonds is 14. The van der Waals surface area contributed by atoms with Crippen LogP contribution in [0.25, 0.3) is 0 Å². The minimum Gasteiger partial charge on any atom is -0.491 e. The molecule has 0 saturated carbocycles. The molecule has 0 radical (unpaired) electrons. The van der Waals surface area contributed by atoms with Gasteiger partial charge in [0.2, 0.25) is 0 Å². The standard InChI is InChI=1S/C26H34O5/c1-2-3-18-26(19-10-5-4-9-13-25(29)30)21(15-17-24(26)28)14-16-22(27)20-31-23-11-7-6-8-12-23/h5-9,11-12,15,22,27H,2-3,10,13-14,16-20H2,1H3,(H,29,30)/t4?,22?,26-/m1/s1. The number of benzene rings is 1. The lowest BCUT2D eigenvalue weighted by Gasteiger charge is -2.31. The van der Waals surface area contributed by atoms with Gasteiger partial charge in [-0.05, 0) is 56.4 Å². The molecule has 1 aliphatic carbocycles. The molecule has 0 aromatic heterocycles. The highest BCUT2D eigenvalue weighted by molar-refractivity contribution is 5.92. The summed E-state index contributed by atoms with van der Waals surface area (Å²) in [6, 6.07) is 9.42. The van der Waals surface area contributed by atoms with E-state index in [9.17, 15) is 14.7 Å². The fourth-order valence-corrected chi connectivity index (χ4v) is 4.08. The maximum absolute atomic E-state index is 12.9. The summed E-state index contributed by atoms with van der Waals surface area (Å²) < 4.78 is 5.65. The van der Waals surface area contributed by atoms with Crippen molar-refractivity contribution in [3.8, 4) is 5.75 Å². The average Bonchev–Trinajstić information content (AvgIpc) is 3.07. The second-order valence-electron chi connectivity index (χ2n) is 8.07. The van der Waals surface area contributed by atoms with Gasteiger partial charge in [-0.3, -0.25) is 9.59 Å². The Morgan fingerprint density at radius 3 is 2.74 bits per heavy atom. The quantitative estimate of drug-likeness (QED) is 0.314. The van der Waals surface area contributed by atoms with Gasteiger partial charge in [0.15, 0.2) is 0 Å². The van der Waals surface area contributed by atoms with Crippen molar-refractivity contribution in [3.05, 3.63) is 59.9 Å². The highest BCUT2D eigenvalue weighted by atomic mass is 16.5. The van der Waals surface area contributed by atoms with E-state index in [1.165, 1.54) is 6.08 Å². The van der Waals surface area contributed by atoms with Crippen LogP contribution in [0.2, 0.25) is 0 Å². The summed E-state index contributed by atoms with van der Waals surface area (Å²) in [7, 11) is 0. The minimum absolute atomic E-state index is 0.0511. The second kappa shape index (κ2) is 12.9. The third-order valence-corrected chi connectivity index (χ3v) is 5.80. The lowest BCUT2D eigenvalue weighted by molar-refractivity contribution is -0.136. The van der Waals surface area contributed by atoms with Gasteiger partial charge in [0.1, 0.15) is 18.1 Å². The van der Waals surface area contributed by atoms with Crippen LogP contribution >= 0.6 is 0 Å². The molecule has 0 heterocycles. The molecular formula is C26H34O5. The van der Waals surface area contributed by atoms with Gasteiger partial charge in [-0.1, -0.05) is 49.6 Å². The van der Waals surface area contributed by atoms with Crippen LogP contribution in [0.3, 0.4) is 0 Å². The smallest absolute Gasteiger partial charge is 0.307 e. The molecule has 0 spiro atoms.